The zero-order chi connectivity index (χ0) is 39.8. The second-order valence-electron chi connectivity index (χ2n) is 17.0. The smallest absolute Gasteiger partial charge is 0.243 e. The van der Waals surface area contributed by atoms with Crippen LogP contribution in [0.15, 0.2) is 54.9 Å². The summed E-state index contributed by atoms with van der Waals surface area (Å²) in [5.41, 5.74) is 5.59. The minimum absolute atomic E-state index is 0.222. The number of fused-ring (bicyclic) bond motifs is 2. The van der Waals surface area contributed by atoms with Gasteiger partial charge in [0.25, 0.3) is 0 Å². The molecular formula is C44H52ClN9O4. The maximum atomic E-state index is 12.9. The quantitative estimate of drug-likeness (QED) is 0.0986. The van der Waals surface area contributed by atoms with Crippen LogP contribution in [0.4, 0.5) is 11.6 Å². The number of carbonyl (C=O) groups is 4. The van der Waals surface area contributed by atoms with Crippen molar-refractivity contribution in [2.24, 2.45) is 11.8 Å². The fourth-order valence-electron chi connectivity index (χ4n) is 10.1. The van der Waals surface area contributed by atoms with Gasteiger partial charge in [0.05, 0.1) is 23.0 Å². The molecule has 2 aromatic heterocycles. The van der Waals surface area contributed by atoms with Gasteiger partial charge >= 0.3 is 0 Å². The number of Topliss-reactive ketones (excluding diaryl/α,β-unsaturated/α-hetero) is 1. The number of para-hydroxylation sites is 1. The zero-order valence-corrected chi connectivity index (χ0v) is 33.6. The summed E-state index contributed by atoms with van der Waals surface area (Å²) in [5, 5.41) is 7.62. The van der Waals surface area contributed by atoms with Crippen molar-refractivity contribution < 1.29 is 19.2 Å². The van der Waals surface area contributed by atoms with Crippen molar-refractivity contribution in [2.45, 2.75) is 76.0 Å². The fraction of sp³-hybridized carbons (Fsp3) is 0.500. The maximum Gasteiger partial charge on any atom is 0.243 e. The van der Waals surface area contributed by atoms with Crippen molar-refractivity contribution >= 4 is 58.0 Å². The summed E-state index contributed by atoms with van der Waals surface area (Å²) < 4.78 is 0. The average molecular weight is 806 g/mol. The largest absolute Gasteiger partial charge is 0.372 e. The highest BCUT2D eigenvalue weighted by atomic mass is 35.5. The lowest BCUT2D eigenvalue weighted by Gasteiger charge is -2.38. The fourth-order valence-corrected chi connectivity index (χ4v) is 10.3. The van der Waals surface area contributed by atoms with Crippen LogP contribution >= 0.6 is 11.6 Å². The van der Waals surface area contributed by atoms with Gasteiger partial charge in [0, 0.05) is 80.1 Å². The Balaban J connectivity index is 0.707. The monoisotopic (exact) mass is 805 g/mol. The normalized spacial score (nSPS) is 24.0. The van der Waals surface area contributed by atoms with Crippen LogP contribution in [0.25, 0.3) is 22.2 Å². The van der Waals surface area contributed by atoms with Crippen molar-refractivity contribution in [2.75, 3.05) is 62.6 Å². The molecule has 2 aromatic carbocycles. The molecule has 3 N–H and O–H groups in total. The molecule has 304 valence electrons. The molecule has 3 unspecified atom stereocenters. The highest BCUT2D eigenvalue weighted by Crippen LogP contribution is 2.40. The van der Waals surface area contributed by atoms with Gasteiger partial charge in [0.2, 0.25) is 23.5 Å². The van der Waals surface area contributed by atoms with E-state index in [2.05, 4.69) is 53.5 Å². The summed E-state index contributed by atoms with van der Waals surface area (Å²) >= 11 is 6.57. The number of carbonyl (C=O) groups excluding carboxylic acids is 4. The van der Waals surface area contributed by atoms with E-state index >= 15 is 0 Å². The van der Waals surface area contributed by atoms with E-state index < -0.39 is 23.8 Å². The van der Waals surface area contributed by atoms with Crippen LogP contribution in [0, 0.1) is 11.8 Å². The van der Waals surface area contributed by atoms with Crippen molar-refractivity contribution in [1.29, 1.82) is 0 Å². The summed E-state index contributed by atoms with van der Waals surface area (Å²) in [6.07, 6.45) is 11.7. The number of imide groups is 1. The zero-order valence-electron chi connectivity index (χ0n) is 32.9. The molecule has 0 saturated carbocycles. The number of amides is 2. The molecule has 4 aromatic rings. The SMILES string of the molecule is O=CC(=O)C1c2cc(N3CCC(CN4CCC(CCN5CCC(Nc6ncc(Cl)c(-c7c[nH]c8ccccc78)n6)C5)CC4)CC3)ccc2CN1C1CCC(=O)NC1=O. The van der Waals surface area contributed by atoms with E-state index in [1.54, 1.807) is 11.1 Å². The van der Waals surface area contributed by atoms with Crippen molar-refractivity contribution in [3.8, 4) is 11.3 Å². The molecule has 9 rings (SSSR count). The van der Waals surface area contributed by atoms with Crippen LogP contribution in [0.3, 0.4) is 0 Å². The van der Waals surface area contributed by atoms with Gasteiger partial charge < -0.3 is 25.0 Å². The number of H-pyrrole nitrogens is 1. The Kier molecular flexibility index (Phi) is 11.3. The minimum atomic E-state index is -0.803. The van der Waals surface area contributed by atoms with E-state index in [1.807, 2.05) is 30.5 Å². The lowest BCUT2D eigenvalue weighted by molar-refractivity contribution is -0.141. The molecule has 7 heterocycles. The molecule has 0 radical (unpaired) electrons. The Morgan fingerprint density at radius 3 is 2.55 bits per heavy atom. The number of likely N-dealkylation sites (tertiary alicyclic amines) is 2. The number of benzene rings is 2. The van der Waals surface area contributed by atoms with Gasteiger partial charge in [-0.3, -0.25) is 29.4 Å². The number of aromatic amines is 1. The lowest BCUT2D eigenvalue weighted by atomic mass is 9.90. The molecule has 14 heteroatoms. The number of rotatable bonds is 12. The molecule has 58 heavy (non-hydrogen) atoms. The highest BCUT2D eigenvalue weighted by Gasteiger charge is 2.43. The number of anilines is 2. The van der Waals surface area contributed by atoms with Gasteiger partial charge in [0.15, 0.2) is 6.29 Å². The van der Waals surface area contributed by atoms with Crippen LogP contribution in [0.2, 0.25) is 5.02 Å². The average Bonchev–Trinajstić information content (AvgIpc) is 3.98. The van der Waals surface area contributed by atoms with Gasteiger partial charge in [-0.2, -0.15) is 0 Å². The third-order valence-electron chi connectivity index (χ3n) is 13.4. The Bertz CT molecular complexity index is 2180. The molecule has 5 aliphatic rings. The van der Waals surface area contributed by atoms with E-state index in [0.29, 0.717) is 42.2 Å². The van der Waals surface area contributed by atoms with Crippen LogP contribution in [0.1, 0.15) is 68.5 Å². The number of hydrogen-bond acceptors (Lipinski definition) is 11. The highest BCUT2D eigenvalue weighted by molar-refractivity contribution is 6.33. The molecule has 0 aliphatic carbocycles. The predicted molar refractivity (Wildman–Crippen MR) is 223 cm³/mol. The van der Waals surface area contributed by atoms with Crippen molar-refractivity contribution in [3.05, 3.63) is 71.0 Å². The summed E-state index contributed by atoms with van der Waals surface area (Å²) in [6, 6.07) is 13.3. The number of hydrogen-bond donors (Lipinski definition) is 3. The Hall–Kier alpha value is -4.69. The third kappa shape index (κ3) is 8.14. The van der Waals surface area contributed by atoms with Crippen LogP contribution in [-0.4, -0.2) is 118 Å². The standard InChI is InChI=1S/C44H52ClN9O4/c45-36-23-47-44(50-41(36)35-22-46-37-4-2-1-3-33(35)37)48-31-14-18-52(26-31)17-11-28-9-15-51(16-10-28)24-29-12-19-53(20-13-29)32-6-5-30-25-54(38-7-8-40(57)49-43(38)58)42(34(30)21-32)39(56)27-55/h1-6,21-23,27-29,31,38,42,46H,7-20,24-26H2,(H,47,48,50)(H,49,57,58). The number of piperidine rings is 3. The molecular weight excluding hydrogens is 754 g/mol. The second kappa shape index (κ2) is 16.9. The van der Waals surface area contributed by atoms with Crippen LogP contribution < -0.4 is 15.5 Å². The molecule has 0 spiro atoms. The first-order valence-electron chi connectivity index (χ1n) is 21.1. The van der Waals surface area contributed by atoms with Crippen LogP contribution in [-0.2, 0) is 25.7 Å². The van der Waals surface area contributed by atoms with E-state index in [1.165, 1.54) is 32.4 Å². The third-order valence-corrected chi connectivity index (χ3v) is 13.6. The Labute approximate surface area is 343 Å². The maximum absolute atomic E-state index is 12.9. The number of aldehydes is 1. The summed E-state index contributed by atoms with van der Waals surface area (Å²) in [7, 11) is 0. The predicted octanol–water partition coefficient (Wildman–Crippen LogP) is 5.21. The van der Waals surface area contributed by atoms with E-state index in [9.17, 15) is 19.2 Å². The molecule has 2 amide bonds. The summed E-state index contributed by atoms with van der Waals surface area (Å²) in [4.78, 5) is 71.3. The first-order valence-corrected chi connectivity index (χ1v) is 21.4. The summed E-state index contributed by atoms with van der Waals surface area (Å²) in [5.74, 6) is 0.804. The number of halogens is 1. The molecule has 4 saturated heterocycles. The number of nitrogens with one attached hydrogen (secondary N) is 3. The minimum Gasteiger partial charge on any atom is -0.372 e. The molecule has 3 atom stereocenters. The van der Waals surface area contributed by atoms with E-state index in [4.69, 9.17) is 16.6 Å². The molecule has 5 aliphatic heterocycles. The lowest BCUT2D eigenvalue weighted by Crippen LogP contribution is -2.52. The van der Waals surface area contributed by atoms with E-state index in [-0.39, 0.29) is 12.3 Å². The molecule has 4 fully saturated rings. The van der Waals surface area contributed by atoms with E-state index in [0.717, 1.165) is 103 Å². The van der Waals surface area contributed by atoms with Gasteiger partial charge in [-0.05, 0) is 106 Å². The van der Waals surface area contributed by atoms with Gasteiger partial charge in [-0.25, -0.2) is 9.97 Å². The van der Waals surface area contributed by atoms with Crippen LogP contribution in [0.5, 0.6) is 0 Å². The Morgan fingerprint density at radius 1 is 0.948 bits per heavy atom. The van der Waals surface area contributed by atoms with Gasteiger partial charge in [-0.1, -0.05) is 35.9 Å². The molecule has 0 bridgehead atoms. The number of nitrogens with zero attached hydrogens (tertiary/aromatic N) is 6. The van der Waals surface area contributed by atoms with Gasteiger partial charge in [-0.15, -0.1) is 0 Å². The van der Waals surface area contributed by atoms with Crippen molar-refractivity contribution in [1.82, 2.24) is 35.0 Å². The first kappa shape index (κ1) is 38.8. The van der Waals surface area contributed by atoms with Crippen molar-refractivity contribution in [3.63, 3.8) is 0 Å². The number of aromatic nitrogens is 3. The Morgan fingerprint density at radius 2 is 1.74 bits per heavy atom. The summed E-state index contributed by atoms with van der Waals surface area (Å²) in [6.45, 7) is 8.99. The second-order valence-corrected chi connectivity index (χ2v) is 17.4. The molecule has 13 nitrogen and oxygen atoms in total. The topological polar surface area (TPSA) is 147 Å². The number of ketones is 1. The first-order chi connectivity index (χ1) is 28.3. The van der Waals surface area contributed by atoms with Gasteiger partial charge in [0.1, 0.15) is 6.04 Å².